The van der Waals surface area contributed by atoms with Crippen LogP contribution in [-0.4, -0.2) is 39.5 Å². The average molecular weight is 489 g/mol. The van der Waals surface area contributed by atoms with Gasteiger partial charge < -0.3 is 15.9 Å². The SMILES string of the molecule is CC(c1nn(-c2cccnc2)c2ccccc12)n1nc(-c2ccc3oc(N)nc3c2)c2c(N)ncnc21. The fourth-order valence-corrected chi connectivity index (χ4v) is 4.75. The van der Waals surface area contributed by atoms with Crippen molar-refractivity contribution in [3.05, 3.63) is 79.0 Å². The predicted molar refractivity (Wildman–Crippen MR) is 140 cm³/mol. The highest BCUT2D eigenvalue weighted by Crippen LogP contribution is 2.36. The standard InChI is InChI=1S/C26H20N10O/c1-14(22-17-6-2-3-7-19(17)36(33-22)16-5-4-10-29-12-16)35-25-21(24(27)30-13-31-25)23(34-35)15-8-9-20-18(11-15)32-26(28)37-20/h2-14H,1H3,(H2,28,32)(H2,27,30,31). The van der Waals surface area contributed by atoms with Crippen molar-refractivity contribution in [3.8, 4) is 16.9 Å². The van der Waals surface area contributed by atoms with Crippen molar-refractivity contribution in [3.63, 3.8) is 0 Å². The normalized spacial score (nSPS) is 12.6. The zero-order valence-electron chi connectivity index (χ0n) is 19.6. The molecule has 5 aromatic heterocycles. The zero-order chi connectivity index (χ0) is 25.1. The molecule has 1 atom stereocenters. The number of fused-ring (bicyclic) bond motifs is 3. The van der Waals surface area contributed by atoms with Gasteiger partial charge in [0.25, 0.3) is 6.01 Å². The molecule has 7 rings (SSSR count). The molecule has 4 N–H and O–H groups in total. The maximum absolute atomic E-state index is 6.35. The molecule has 7 aromatic rings. The Hall–Kier alpha value is -5.32. The maximum atomic E-state index is 6.35. The Balaban J connectivity index is 1.44. The highest BCUT2D eigenvalue weighted by Gasteiger charge is 2.25. The summed E-state index contributed by atoms with van der Waals surface area (Å²) in [5.41, 5.74) is 18.0. The Labute approximate surface area is 209 Å². The lowest BCUT2D eigenvalue weighted by Crippen LogP contribution is -2.11. The van der Waals surface area contributed by atoms with E-state index in [2.05, 4.69) is 26.0 Å². The van der Waals surface area contributed by atoms with Crippen LogP contribution in [0.5, 0.6) is 0 Å². The molecular formula is C26H20N10O. The number of nitrogens with zero attached hydrogens (tertiary/aromatic N) is 8. The number of anilines is 2. The molecule has 0 radical (unpaired) electrons. The molecule has 0 spiro atoms. The Morgan fingerprint density at radius 3 is 2.73 bits per heavy atom. The first-order valence-corrected chi connectivity index (χ1v) is 11.6. The quantitative estimate of drug-likeness (QED) is 0.372. The van der Waals surface area contributed by atoms with Gasteiger partial charge >= 0.3 is 0 Å². The summed E-state index contributed by atoms with van der Waals surface area (Å²) >= 11 is 0. The number of nitrogens with two attached hydrogens (primary N) is 2. The molecule has 37 heavy (non-hydrogen) atoms. The summed E-state index contributed by atoms with van der Waals surface area (Å²) in [5, 5.41) is 11.6. The lowest BCUT2D eigenvalue weighted by Gasteiger charge is -2.11. The van der Waals surface area contributed by atoms with E-state index in [9.17, 15) is 0 Å². The van der Waals surface area contributed by atoms with E-state index < -0.39 is 0 Å². The largest absolute Gasteiger partial charge is 0.424 e. The number of nitrogen functional groups attached to an aromatic ring is 2. The molecule has 0 aliphatic carbocycles. The lowest BCUT2D eigenvalue weighted by molar-refractivity contribution is 0.564. The van der Waals surface area contributed by atoms with E-state index >= 15 is 0 Å². The number of rotatable bonds is 4. The second kappa shape index (κ2) is 7.85. The van der Waals surface area contributed by atoms with Gasteiger partial charge in [-0.15, -0.1) is 0 Å². The monoisotopic (exact) mass is 488 g/mol. The van der Waals surface area contributed by atoms with Gasteiger partial charge in [0.05, 0.1) is 34.5 Å². The van der Waals surface area contributed by atoms with E-state index in [0.29, 0.717) is 33.6 Å². The van der Waals surface area contributed by atoms with E-state index in [1.807, 2.05) is 64.8 Å². The molecule has 0 saturated heterocycles. The van der Waals surface area contributed by atoms with Gasteiger partial charge in [0.15, 0.2) is 11.2 Å². The first-order valence-electron chi connectivity index (χ1n) is 11.6. The Kier molecular flexibility index (Phi) is 4.46. The van der Waals surface area contributed by atoms with E-state index in [4.69, 9.17) is 26.1 Å². The Morgan fingerprint density at radius 1 is 0.973 bits per heavy atom. The molecule has 0 aliphatic heterocycles. The minimum Gasteiger partial charge on any atom is -0.424 e. The molecule has 0 aliphatic rings. The third-order valence-corrected chi connectivity index (χ3v) is 6.46. The zero-order valence-corrected chi connectivity index (χ0v) is 19.6. The molecule has 0 saturated carbocycles. The number of hydrogen-bond acceptors (Lipinski definition) is 9. The minimum absolute atomic E-state index is 0.107. The van der Waals surface area contributed by atoms with E-state index in [0.717, 1.165) is 27.8 Å². The van der Waals surface area contributed by atoms with Crippen LogP contribution >= 0.6 is 0 Å². The fraction of sp³-hybridized carbons (Fsp3) is 0.0769. The number of benzene rings is 2. The van der Waals surface area contributed by atoms with E-state index in [-0.39, 0.29) is 12.1 Å². The maximum Gasteiger partial charge on any atom is 0.292 e. The van der Waals surface area contributed by atoms with Crippen molar-refractivity contribution < 1.29 is 4.42 Å². The molecule has 0 fully saturated rings. The van der Waals surface area contributed by atoms with Crippen LogP contribution in [0.2, 0.25) is 0 Å². The summed E-state index contributed by atoms with van der Waals surface area (Å²) < 4.78 is 9.16. The molecule has 0 bridgehead atoms. The van der Waals surface area contributed by atoms with Crippen LogP contribution in [0.1, 0.15) is 18.7 Å². The summed E-state index contributed by atoms with van der Waals surface area (Å²) in [4.78, 5) is 17.3. The van der Waals surface area contributed by atoms with Crippen molar-refractivity contribution in [1.82, 2.24) is 39.5 Å². The molecule has 11 nitrogen and oxygen atoms in total. The number of aromatic nitrogens is 8. The topological polar surface area (TPSA) is 152 Å². The minimum atomic E-state index is -0.278. The molecule has 5 heterocycles. The summed E-state index contributed by atoms with van der Waals surface area (Å²) in [5.74, 6) is 0.337. The van der Waals surface area contributed by atoms with Gasteiger partial charge in [-0.1, -0.05) is 18.2 Å². The highest BCUT2D eigenvalue weighted by atomic mass is 16.4. The molecule has 1 unspecified atom stereocenters. The van der Waals surface area contributed by atoms with Crippen molar-refractivity contribution in [2.24, 2.45) is 0 Å². The van der Waals surface area contributed by atoms with E-state index in [1.165, 1.54) is 6.33 Å². The van der Waals surface area contributed by atoms with Crippen LogP contribution in [0, 0.1) is 0 Å². The fourth-order valence-electron chi connectivity index (χ4n) is 4.75. The van der Waals surface area contributed by atoms with Gasteiger partial charge in [0.2, 0.25) is 0 Å². The molecular weight excluding hydrogens is 468 g/mol. The van der Waals surface area contributed by atoms with Gasteiger partial charge in [0, 0.05) is 17.1 Å². The van der Waals surface area contributed by atoms with Crippen LogP contribution in [-0.2, 0) is 0 Å². The van der Waals surface area contributed by atoms with Gasteiger partial charge in [-0.25, -0.2) is 19.3 Å². The smallest absolute Gasteiger partial charge is 0.292 e. The second-order valence-corrected chi connectivity index (χ2v) is 8.69. The molecule has 11 heteroatoms. The molecule has 180 valence electrons. The van der Waals surface area contributed by atoms with Crippen LogP contribution < -0.4 is 11.5 Å². The van der Waals surface area contributed by atoms with Crippen molar-refractivity contribution in [2.75, 3.05) is 11.5 Å². The van der Waals surface area contributed by atoms with Crippen LogP contribution in [0.15, 0.2) is 77.7 Å². The predicted octanol–water partition coefficient (Wildman–Crippen LogP) is 4.14. The number of para-hydroxylation sites is 1. The van der Waals surface area contributed by atoms with Gasteiger partial charge in [-0.3, -0.25) is 4.98 Å². The third kappa shape index (κ3) is 3.21. The van der Waals surface area contributed by atoms with Crippen molar-refractivity contribution in [2.45, 2.75) is 13.0 Å². The average Bonchev–Trinajstić information content (AvgIpc) is 3.61. The Morgan fingerprint density at radius 2 is 1.86 bits per heavy atom. The lowest BCUT2D eigenvalue weighted by atomic mass is 10.1. The summed E-state index contributed by atoms with van der Waals surface area (Å²) in [6.45, 7) is 2.04. The Bertz CT molecular complexity index is 1940. The number of hydrogen-bond donors (Lipinski definition) is 2. The van der Waals surface area contributed by atoms with Crippen LogP contribution in [0.3, 0.4) is 0 Å². The van der Waals surface area contributed by atoms with Crippen molar-refractivity contribution in [1.29, 1.82) is 0 Å². The van der Waals surface area contributed by atoms with Gasteiger partial charge in [-0.05, 0) is 43.3 Å². The van der Waals surface area contributed by atoms with Crippen LogP contribution in [0.4, 0.5) is 11.8 Å². The van der Waals surface area contributed by atoms with Crippen molar-refractivity contribution >= 4 is 44.9 Å². The van der Waals surface area contributed by atoms with Gasteiger partial charge in [-0.2, -0.15) is 15.2 Å². The number of oxazole rings is 1. The first-order chi connectivity index (χ1) is 18.1. The summed E-state index contributed by atoms with van der Waals surface area (Å²) in [7, 11) is 0. The molecule has 2 aromatic carbocycles. The van der Waals surface area contributed by atoms with Crippen LogP contribution in [0.25, 0.3) is 50.0 Å². The van der Waals surface area contributed by atoms with E-state index in [1.54, 1.807) is 12.4 Å². The molecule has 0 amide bonds. The first kappa shape index (κ1) is 21.0. The summed E-state index contributed by atoms with van der Waals surface area (Å²) in [6, 6.07) is 17.3. The second-order valence-electron chi connectivity index (χ2n) is 8.69. The van der Waals surface area contributed by atoms with Gasteiger partial charge in [0.1, 0.15) is 23.4 Å². The third-order valence-electron chi connectivity index (χ3n) is 6.46. The number of pyridine rings is 1. The highest BCUT2D eigenvalue weighted by molar-refractivity contribution is 5.99. The summed E-state index contributed by atoms with van der Waals surface area (Å²) in [6.07, 6.45) is 4.97.